The van der Waals surface area contributed by atoms with Gasteiger partial charge in [-0.2, -0.15) is 5.10 Å². The van der Waals surface area contributed by atoms with Gasteiger partial charge in [0.15, 0.2) is 0 Å². The number of nitrogens with one attached hydrogen (secondary N) is 2. The van der Waals surface area contributed by atoms with Crippen molar-refractivity contribution in [2.45, 2.75) is 18.9 Å². The molecule has 6 aromatic rings. The lowest BCUT2D eigenvalue weighted by molar-refractivity contribution is 0.0115. The van der Waals surface area contributed by atoms with E-state index < -0.39 is 5.92 Å². The number of hydrogen-bond donors (Lipinski definition) is 2. The van der Waals surface area contributed by atoms with Gasteiger partial charge in [0.05, 0.1) is 17.8 Å². The van der Waals surface area contributed by atoms with Gasteiger partial charge in [0.2, 0.25) is 0 Å². The predicted octanol–water partition coefficient (Wildman–Crippen LogP) is 6.82. The summed E-state index contributed by atoms with van der Waals surface area (Å²) in [5, 5.41) is 9.35. The monoisotopic (exact) mass is 524 g/mol. The summed E-state index contributed by atoms with van der Waals surface area (Å²) in [5.74, 6) is -2.92. The maximum Gasteiger partial charge on any atom is 0.261 e. The number of H-pyrrole nitrogens is 2. The average Bonchev–Trinajstić information content (AvgIpc) is 3.64. The Labute approximate surface area is 221 Å². The molecule has 6 nitrogen and oxygen atoms in total. The highest BCUT2D eigenvalue weighted by Gasteiger charge is 2.37. The Balaban J connectivity index is 1.25. The van der Waals surface area contributed by atoms with Gasteiger partial charge in [-0.1, -0.05) is 24.3 Å². The van der Waals surface area contributed by atoms with Crippen LogP contribution in [0, 0.1) is 5.82 Å². The van der Waals surface area contributed by atoms with Crippen molar-refractivity contribution in [1.29, 1.82) is 0 Å². The van der Waals surface area contributed by atoms with Crippen molar-refractivity contribution in [1.82, 2.24) is 30.0 Å². The molecule has 0 saturated carbocycles. The number of aromatic amines is 2. The predicted molar refractivity (Wildman–Crippen MR) is 145 cm³/mol. The average molecular weight is 525 g/mol. The summed E-state index contributed by atoms with van der Waals surface area (Å²) in [7, 11) is 0. The Bertz CT molecular complexity index is 1840. The number of hydrogen-bond acceptors (Lipinski definition) is 4. The molecule has 0 radical (unpaired) electrons. The third-order valence-corrected chi connectivity index (χ3v) is 7.30. The zero-order chi connectivity index (χ0) is 26.6. The number of alkyl halides is 2. The molecule has 2 N–H and O–H groups in total. The first-order valence-corrected chi connectivity index (χ1v) is 12.7. The topological polar surface area (TPSA) is 73.5 Å². The minimum atomic E-state index is -2.62. The Morgan fingerprint density at radius 3 is 2.67 bits per heavy atom. The van der Waals surface area contributed by atoms with Crippen molar-refractivity contribution < 1.29 is 13.2 Å². The molecule has 9 heteroatoms. The van der Waals surface area contributed by atoms with Gasteiger partial charge < -0.3 is 4.98 Å². The van der Waals surface area contributed by atoms with Crippen molar-refractivity contribution in [2.75, 3.05) is 13.1 Å². The number of fused-ring (bicyclic) bond motifs is 2. The minimum absolute atomic E-state index is 0.106. The SMILES string of the molecule is Fc1ccccc1-c1ccnc2[nH]c(-c3n[nH]c4ccc(-c5cncc(CN6CCC(F)(F)C6)c5)cc34)cc12. The third-order valence-electron chi connectivity index (χ3n) is 7.30. The summed E-state index contributed by atoms with van der Waals surface area (Å²) < 4.78 is 41.9. The highest BCUT2D eigenvalue weighted by atomic mass is 19.3. The first-order valence-electron chi connectivity index (χ1n) is 12.7. The normalized spacial score (nSPS) is 15.5. The summed E-state index contributed by atoms with van der Waals surface area (Å²) in [4.78, 5) is 13.9. The van der Waals surface area contributed by atoms with Gasteiger partial charge in [0.1, 0.15) is 17.2 Å². The van der Waals surface area contributed by atoms with Gasteiger partial charge in [-0.25, -0.2) is 18.2 Å². The van der Waals surface area contributed by atoms with Crippen LogP contribution in [-0.4, -0.2) is 49.1 Å². The molecule has 1 fully saturated rings. The molecule has 0 unspecified atom stereocenters. The van der Waals surface area contributed by atoms with Crippen LogP contribution >= 0.6 is 0 Å². The van der Waals surface area contributed by atoms with Gasteiger partial charge in [0.25, 0.3) is 5.92 Å². The third kappa shape index (κ3) is 4.34. The van der Waals surface area contributed by atoms with Crippen LogP contribution in [0.5, 0.6) is 0 Å². The number of nitrogens with zero attached hydrogens (tertiary/aromatic N) is 4. The maximum absolute atomic E-state index is 14.6. The van der Waals surface area contributed by atoms with Crippen molar-refractivity contribution >= 4 is 21.9 Å². The van der Waals surface area contributed by atoms with Gasteiger partial charge in [-0.15, -0.1) is 0 Å². The molecule has 7 rings (SSSR count). The number of benzene rings is 2. The molecule has 0 atom stereocenters. The molecule has 1 aliphatic heterocycles. The molecule has 1 aliphatic rings. The first-order chi connectivity index (χ1) is 18.9. The molecule has 5 heterocycles. The molecular formula is C30H23F3N6. The van der Waals surface area contributed by atoms with Crippen molar-refractivity contribution in [3.8, 4) is 33.6 Å². The van der Waals surface area contributed by atoms with E-state index in [2.05, 4.69) is 25.1 Å². The molecule has 4 aromatic heterocycles. The Kier molecular flexibility index (Phi) is 5.48. The van der Waals surface area contributed by atoms with E-state index in [1.807, 2.05) is 42.5 Å². The van der Waals surface area contributed by atoms with E-state index in [1.165, 1.54) is 6.07 Å². The minimum Gasteiger partial charge on any atom is -0.338 e. The van der Waals surface area contributed by atoms with Gasteiger partial charge >= 0.3 is 0 Å². The van der Waals surface area contributed by atoms with Crippen LogP contribution in [0.2, 0.25) is 0 Å². The lowest BCUT2D eigenvalue weighted by Crippen LogP contribution is -2.24. The molecular weight excluding hydrogens is 501 g/mol. The van der Waals surface area contributed by atoms with Crippen LogP contribution < -0.4 is 0 Å². The summed E-state index contributed by atoms with van der Waals surface area (Å²) in [5.41, 5.74) is 6.95. The van der Waals surface area contributed by atoms with E-state index in [4.69, 9.17) is 0 Å². The Morgan fingerprint density at radius 2 is 1.82 bits per heavy atom. The Morgan fingerprint density at radius 1 is 0.923 bits per heavy atom. The number of aromatic nitrogens is 5. The van der Waals surface area contributed by atoms with E-state index in [9.17, 15) is 13.2 Å². The van der Waals surface area contributed by atoms with Crippen LogP contribution in [-0.2, 0) is 6.54 Å². The smallest absolute Gasteiger partial charge is 0.261 e. The fourth-order valence-corrected chi connectivity index (χ4v) is 5.40. The fraction of sp³-hybridized carbons (Fsp3) is 0.167. The first kappa shape index (κ1) is 23.6. The highest BCUT2D eigenvalue weighted by Crippen LogP contribution is 2.35. The standard InChI is InChI=1S/C30H23F3N6/c31-25-4-2-1-3-22(25)21-7-9-35-29-23(21)13-27(36-29)28-24-12-19(5-6-26(24)37-38-28)20-11-18(14-34-15-20)16-39-10-8-30(32,33)17-39/h1-7,9,11-15H,8,10,16-17H2,(H,35,36)(H,37,38). The summed E-state index contributed by atoms with van der Waals surface area (Å²) in [6, 6.07) is 18.4. The summed E-state index contributed by atoms with van der Waals surface area (Å²) in [6.07, 6.45) is 5.06. The van der Waals surface area contributed by atoms with Crippen LogP contribution in [0.4, 0.5) is 13.2 Å². The second-order valence-electron chi connectivity index (χ2n) is 10.0. The van der Waals surface area contributed by atoms with Crippen LogP contribution in [0.15, 0.2) is 79.3 Å². The molecule has 0 amide bonds. The van der Waals surface area contributed by atoms with Crippen LogP contribution in [0.25, 0.3) is 55.6 Å². The zero-order valence-electron chi connectivity index (χ0n) is 20.8. The van der Waals surface area contributed by atoms with Gasteiger partial charge in [-0.05, 0) is 53.1 Å². The van der Waals surface area contributed by atoms with Crippen molar-refractivity contribution in [3.63, 3.8) is 0 Å². The lowest BCUT2D eigenvalue weighted by Gasteiger charge is -2.15. The van der Waals surface area contributed by atoms with E-state index in [1.54, 1.807) is 35.6 Å². The van der Waals surface area contributed by atoms with Crippen LogP contribution in [0.1, 0.15) is 12.0 Å². The van der Waals surface area contributed by atoms with Crippen molar-refractivity contribution in [2.24, 2.45) is 0 Å². The molecule has 1 saturated heterocycles. The zero-order valence-corrected chi connectivity index (χ0v) is 20.8. The molecule has 194 valence electrons. The number of rotatable bonds is 5. The van der Waals surface area contributed by atoms with Crippen LogP contribution in [0.3, 0.4) is 0 Å². The number of pyridine rings is 2. The fourth-order valence-electron chi connectivity index (χ4n) is 5.40. The second-order valence-corrected chi connectivity index (χ2v) is 10.0. The number of likely N-dealkylation sites (tertiary alicyclic amines) is 1. The van der Waals surface area contributed by atoms with E-state index >= 15 is 0 Å². The molecule has 39 heavy (non-hydrogen) atoms. The van der Waals surface area contributed by atoms with Crippen molar-refractivity contribution in [3.05, 3.63) is 90.6 Å². The highest BCUT2D eigenvalue weighted by molar-refractivity contribution is 6.00. The Hall–Kier alpha value is -4.50. The second kappa shape index (κ2) is 9.06. The molecule has 0 aliphatic carbocycles. The largest absolute Gasteiger partial charge is 0.338 e. The molecule has 0 spiro atoms. The molecule has 2 aromatic carbocycles. The van der Waals surface area contributed by atoms with Gasteiger partial charge in [-0.3, -0.25) is 15.0 Å². The lowest BCUT2D eigenvalue weighted by atomic mass is 10.0. The maximum atomic E-state index is 14.6. The summed E-state index contributed by atoms with van der Waals surface area (Å²) >= 11 is 0. The summed E-state index contributed by atoms with van der Waals surface area (Å²) in [6.45, 7) is 0.584. The number of halogens is 3. The van der Waals surface area contributed by atoms with E-state index in [0.29, 0.717) is 30.0 Å². The van der Waals surface area contributed by atoms with E-state index in [0.717, 1.165) is 44.2 Å². The van der Waals surface area contributed by atoms with E-state index in [-0.39, 0.29) is 18.8 Å². The van der Waals surface area contributed by atoms with Gasteiger partial charge in [0, 0.05) is 60.0 Å². The quantitative estimate of drug-likeness (QED) is 0.260. The molecule has 0 bridgehead atoms.